The van der Waals surface area contributed by atoms with Crippen LogP contribution in [0.4, 0.5) is 8.78 Å². The summed E-state index contributed by atoms with van der Waals surface area (Å²) >= 11 is 0. The third-order valence-corrected chi connectivity index (χ3v) is 4.19. The fraction of sp³-hybridized carbons (Fsp3) is 0.455. The molecular weight excluding hydrogens is 248 g/mol. The van der Waals surface area contributed by atoms with Crippen LogP contribution in [0.1, 0.15) is 27.2 Å². The van der Waals surface area contributed by atoms with Crippen LogP contribution in [0.25, 0.3) is 0 Å². The number of nitrogens with one attached hydrogen (secondary N) is 1. The predicted octanol–water partition coefficient (Wildman–Crippen LogP) is 2.43. The van der Waals surface area contributed by atoms with E-state index in [2.05, 4.69) is 4.72 Å². The second-order valence-electron chi connectivity index (χ2n) is 4.42. The maximum absolute atomic E-state index is 13.0. The Hall–Kier alpha value is -1.01. The van der Waals surface area contributed by atoms with E-state index in [0.29, 0.717) is 12.5 Å². The maximum atomic E-state index is 13.0. The lowest BCUT2D eigenvalue weighted by Crippen LogP contribution is -2.42. The van der Waals surface area contributed by atoms with Gasteiger partial charge in [-0.15, -0.1) is 0 Å². The van der Waals surface area contributed by atoms with E-state index in [0.717, 1.165) is 12.1 Å². The molecule has 0 aliphatic heterocycles. The second-order valence-corrected chi connectivity index (χ2v) is 6.10. The van der Waals surface area contributed by atoms with Crippen molar-refractivity contribution >= 4 is 10.0 Å². The van der Waals surface area contributed by atoms with Crippen molar-refractivity contribution in [1.29, 1.82) is 0 Å². The number of benzene rings is 1. The molecule has 1 aromatic rings. The Labute approximate surface area is 99.9 Å². The lowest BCUT2D eigenvalue weighted by Gasteiger charge is -2.24. The van der Waals surface area contributed by atoms with Crippen LogP contribution in [0.3, 0.4) is 0 Å². The molecule has 0 saturated heterocycles. The van der Waals surface area contributed by atoms with Crippen LogP contribution < -0.4 is 4.72 Å². The number of hydrogen-bond donors (Lipinski definition) is 1. The molecule has 0 saturated carbocycles. The van der Waals surface area contributed by atoms with Gasteiger partial charge in [0.1, 0.15) is 0 Å². The monoisotopic (exact) mass is 263 g/mol. The van der Waals surface area contributed by atoms with Crippen LogP contribution in [0.15, 0.2) is 23.1 Å². The topological polar surface area (TPSA) is 46.2 Å². The molecule has 0 aromatic heterocycles. The zero-order valence-corrected chi connectivity index (χ0v) is 10.7. The van der Waals surface area contributed by atoms with Gasteiger partial charge in [-0.05, 0) is 38.5 Å². The van der Waals surface area contributed by atoms with Gasteiger partial charge < -0.3 is 0 Å². The molecule has 1 aromatic carbocycles. The Morgan fingerprint density at radius 3 is 2.29 bits per heavy atom. The van der Waals surface area contributed by atoms with E-state index < -0.39 is 27.2 Å². The average molecular weight is 263 g/mol. The van der Waals surface area contributed by atoms with Crippen LogP contribution in [-0.4, -0.2) is 14.0 Å². The third kappa shape index (κ3) is 3.47. The third-order valence-electron chi connectivity index (χ3n) is 2.50. The van der Waals surface area contributed by atoms with Crippen LogP contribution in [-0.2, 0) is 10.0 Å². The van der Waals surface area contributed by atoms with Crippen LogP contribution in [0.2, 0.25) is 0 Å². The van der Waals surface area contributed by atoms with E-state index in [1.807, 2.05) is 6.92 Å². The van der Waals surface area contributed by atoms with Gasteiger partial charge in [0.15, 0.2) is 11.6 Å². The highest BCUT2D eigenvalue weighted by Crippen LogP contribution is 2.17. The largest absolute Gasteiger partial charge is 0.241 e. The smallest absolute Gasteiger partial charge is 0.207 e. The molecule has 6 heteroatoms. The zero-order chi connectivity index (χ0) is 13.3. The molecule has 0 aliphatic carbocycles. The predicted molar refractivity (Wildman–Crippen MR) is 61.0 cm³/mol. The van der Waals surface area contributed by atoms with Crippen LogP contribution in [0.5, 0.6) is 0 Å². The molecule has 0 spiro atoms. The molecule has 0 radical (unpaired) electrons. The van der Waals surface area contributed by atoms with Crippen molar-refractivity contribution in [2.45, 2.75) is 37.6 Å². The van der Waals surface area contributed by atoms with Crippen molar-refractivity contribution in [2.24, 2.45) is 0 Å². The van der Waals surface area contributed by atoms with Gasteiger partial charge in [0, 0.05) is 5.54 Å². The molecule has 0 heterocycles. The number of rotatable bonds is 4. The number of hydrogen-bond acceptors (Lipinski definition) is 2. The summed E-state index contributed by atoms with van der Waals surface area (Å²) in [7, 11) is -3.83. The molecule has 0 amide bonds. The molecule has 1 rings (SSSR count). The first-order valence-electron chi connectivity index (χ1n) is 5.17. The van der Waals surface area contributed by atoms with Gasteiger partial charge in [-0.2, -0.15) is 0 Å². The summed E-state index contributed by atoms with van der Waals surface area (Å²) in [6.07, 6.45) is 0.579. The number of sulfonamides is 1. The normalized spacial score (nSPS) is 12.8. The molecular formula is C11H15F2NO2S. The first kappa shape index (κ1) is 14.1. The number of halogens is 2. The van der Waals surface area contributed by atoms with E-state index in [1.165, 1.54) is 0 Å². The Morgan fingerprint density at radius 1 is 1.24 bits per heavy atom. The van der Waals surface area contributed by atoms with Gasteiger partial charge in [0.05, 0.1) is 4.90 Å². The van der Waals surface area contributed by atoms with Gasteiger partial charge >= 0.3 is 0 Å². The average Bonchev–Trinajstić information content (AvgIpc) is 2.20. The summed E-state index contributed by atoms with van der Waals surface area (Å²) in [5.74, 6) is -2.25. The minimum atomic E-state index is -3.83. The summed E-state index contributed by atoms with van der Waals surface area (Å²) in [6.45, 7) is 5.25. The molecule has 0 unspecified atom stereocenters. The minimum absolute atomic E-state index is 0.280. The molecule has 17 heavy (non-hydrogen) atoms. The van der Waals surface area contributed by atoms with Crippen LogP contribution >= 0.6 is 0 Å². The highest BCUT2D eigenvalue weighted by atomic mass is 32.2. The van der Waals surface area contributed by atoms with E-state index in [-0.39, 0.29) is 4.90 Å². The fourth-order valence-electron chi connectivity index (χ4n) is 1.14. The Balaban J connectivity index is 3.10. The van der Waals surface area contributed by atoms with Crippen molar-refractivity contribution in [2.75, 3.05) is 0 Å². The van der Waals surface area contributed by atoms with Crippen molar-refractivity contribution in [3.05, 3.63) is 29.8 Å². The van der Waals surface area contributed by atoms with Gasteiger partial charge in [-0.25, -0.2) is 21.9 Å². The molecule has 0 aliphatic rings. The first-order chi connectivity index (χ1) is 7.68. The molecule has 1 N–H and O–H groups in total. The van der Waals surface area contributed by atoms with Crippen LogP contribution in [0, 0.1) is 11.6 Å². The summed E-state index contributed by atoms with van der Waals surface area (Å²) in [6, 6.07) is 2.50. The van der Waals surface area contributed by atoms with Gasteiger partial charge in [0.25, 0.3) is 0 Å². The lowest BCUT2D eigenvalue weighted by molar-refractivity contribution is 0.438. The fourth-order valence-corrected chi connectivity index (χ4v) is 2.63. The SMILES string of the molecule is CCC(C)(C)NS(=O)(=O)c1ccc(F)c(F)c1. The Morgan fingerprint density at radius 2 is 1.82 bits per heavy atom. The highest BCUT2D eigenvalue weighted by Gasteiger charge is 2.25. The second kappa shape index (κ2) is 4.70. The minimum Gasteiger partial charge on any atom is -0.207 e. The molecule has 0 fully saturated rings. The summed E-state index contributed by atoms with van der Waals surface area (Å²) in [4.78, 5) is -0.280. The standard InChI is InChI=1S/C11H15F2NO2S/c1-4-11(2,3)14-17(15,16)8-5-6-9(12)10(13)7-8/h5-7,14H,4H2,1-3H3. The first-order valence-corrected chi connectivity index (χ1v) is 6.65. The zero-order valence-electron chi connectivity index (χ0n) is 9.92. The summed E-state index contributed by atoms with van der Waals surface area (Å²) < 4.78 is 51.8. The van der Waals surface area contributed by atoms with Gasteiger partial charge in [-0.3, -0.25) is 0 Å². The maximum Gasteiger partial charge on any atom is 0.241 e. The van der Waals surface area contributed by atoms with E-state index in [9.17, 15) is 17.2 Å². The van der Waals surface area contributed by atoms with Gasteiger partial charge in [-0.1, -0.05) is 6.92 Å². The quantitative estimate of drug-likeness (QED) is 0.906. The van der Waals surface area contributed by atoms with Crippen molar-refractivity contribution in [1.82, 2.24) is 4.72 Å². The van der Waals surface area contributed by atoms with Gasteiger partial charge in [0.2, 0.25) is 10.0 Å². The van der Waals surface area contributed by atoms with Crippen molar-refractivity contribution in [3.63, 3.8) is 0 Å². The lowest BCUT2D eigenvalue weighted by atomic mass is 10.0. The van der Waals surface area contributed by atoms with E-state index >= 15 is 0 Å². The Bertz CT molecular complexity index is 512. The van der Waals surface area contributed by atoms with E-state index in [4.69, 9.17) is 0 Å². The van der Waals surface area contributed by atoms with Crippen molar-refractivity contribution in [3.8, 4) is 0 Å². The molecule has 96 valence electrons. The Kier molecular flexibility index (Phi) is 3.88. The van der Waals surface area contributed by atoms with E-state index in [1.54, 1.807) is 13.8 Å². The highest BCUT2D eigenvalue weighted by molar-refractivity contribution is 7.89. The molecule has 0 atom stereocenters. The summed E-state index contributed by atoms with van der Waals surface area (Å²) in [5, 5.41) is 0. The molecule has 3 nitrogen and oxygen atoms in total. The molecule has 0 bridgehead atoms. The summed E-state index contributed by atoms with van der Waals surface area (Å²) in [5.41, 5.74) is -0.635. The van der Waals surface area contributed by atoms with Crippen molar-refractivity contribution < 1.29 is 17.2 Å².